The number of nitrogens with zero attached hydrogens (tertiary/aromatic N) is 3. The highest BCUT2D eigenvalue weighted by Gasteiger charge is 2.23. The van der Waals surface area contributed by atoms with Crippen LogP contribution in [-0.4, -0.2) is 13.7 Å². The lowest BCUT2D eigenvalue weighted by molar-refractivity contribution is 1.15. The van der Waals surface area contributed by atoms with Crippen LogP contribution >= 0.6 is 0 Å². The zero-order valence-electron chi connectivity index (χ0n) is 28.7. The molecule has 0 unspecified atom stereocenters. The van der Waals surface area contributed by atoms with Crippen LogP contribution in [0.5, 0.6) is 0 Å². The van der Waals surface area contributed by atoms with Gasteiger partial charge in [-0.1, -0.05) is 133 Å². The van der Waals surface area contributed by atoms with Crippen LogP contribution in [0.4, 0.5) is 0 Å². The van der Waals surface area contributed by atoms with Gasteiger partial charge in [0.2, 0.25) is 0 Å². The molecule has 0 aliphatic carbocycles. The third kappa shape index (κ3) is 3.94. The molecule has 0 N–H and O–H groups in total. The van der Waals surface area contributed by atoms with E-state index in [0.717, 1.165) is 0 Å². The molecule has 0 radical (unpaired) electrons. The predicted octanol–water partition coefficient (Wildman–Crippen LogP) is 13.1. The Kier molecular flexibility index (Phi) is 5.77. The largest absolute Gasteiger partial charge is 0.309 e. The van der Waals surface area contributed by atoms with Crippen molar-refractivity contribution >= 4 is 77.6 Å². The van der Waals surface area contributed by atoms with E-state index in [1.54, 1.807) is 0 Å². The molecule has 0 atom stereocenters. The van der Waals surface area contributed by atoms with Crippen LogP contribution in [0.1, 0.15) is 11.1 Å². The molecule has 0 bridgehead atoms. The monoisotopic (exact) mass is 673 g/mol. The maximum atomic E-state index is 2.49. The molecule has 1 aliphatic heterocycles. The summed E-state index contributed by atoms with van der Waals surface area (Å²) in [7, 11) is 0. The minimum absolute atomic E-state index is 1.17. The first-order valence-electron chi connectivity index (χ1n) is 18.3. The molecule has 1 aliphatic rings. The lowest BCUT2D eigenvalue weighted by atomic mass is 10.0. The summed E-state index contributed by atoms with van der Waals surface area (Å²) in [5.74, 6) is 0. The van der Waals surface area contributed by atoms with E-state index in [2.05, 4.69) is 202 Å². The maximum Gasteiger partial charge on any atom is 0.0634 e. The van der Waals surface area contributed by atoms with E-state index in [4.69, 9.17) is 0 Å². The first-order chi connectivity index (χ1) is 26.3. The normalized spacial score (nSPS) is 12.5. The highest BCUT2D eigenvalue weighted by Crippen LogP contribution is 2.43. The Balaban J connectivity index is 1.14. The fourth-order valence-electron chi connectivity index (χ4n) is 9.10. The standard InChI is InChI=1S/C50H31N3/c1-2-13-35(14-3-1)51-44-19-9-5-15-36(44)39-25-23-33(30-48(39)51)34-24-26-40-37-16-6-10-20-45(37)52(49(40)31-34)47-29-28-41-38-17-7-11-21-46(38)53-43-18-8-4-12-32(43)22-27-42(47)50(41)53/h1-31H. The molecule has 3 heteroatoms. The molecule has 4 heterocycles. The number of hydrogen-bond acceptors (Lipinski definition) is 0. The SMILES string of the molecule is C1=Cc2c(-n3c4ccccc4c4ccc(-c5ccc6c7ccccc7n(-c7ccccc7)c6c5)cc43)ccc3c4ccccc4n(c23)-c2ccccc21. The van der Waals surface area contributed by atoms with Gasteiger partial charge in [-0.05, 0) is 71.3 Å². The third-order valence-electron chi connectivity index (χ3n) is 11.4. The Bertz CT molecular complexity index is 3330. The van der Waals surface area contributed by atoms with E-state index in [-0.39, 0.29) is 0 Å². The number of fused-ring (bicyclic) bond motifs is 11. The second-order valence-electron chi connectivity index (χ2n) is 14.1. The van der Waals surface area contributed by atoms with Crippen molar-refractivity contribution in [2.75, 3.05) is 0 Å². The van der Waals surface area contributed by atoms with E-state index in [1.807, 2.05) is 0 Å². The average molecular weight is 674 g/mol. The Hall–Kier alpha value is -7.10. The van der Waals surface area contributed by atoms with E-state index in [9.17, 15) is 0 Å². The minimum atomic E-state index is 1.17. The van der Waals surface area contributed by atoms with Gasteiger partial charge in [0, 0.05) is 43.6 Å². The topological polar surface area (TPSA) is 14.8 Å². The lowest BCUT2D eigenvalue weighted by Gasteiger charge is -2.15. The number of rotatable bonds is 3. The lowest BCUT2D eigenvalue weighted by Crippen LogP contribution is -2.00. The second kappa shape index (κ2) is 10.7. The number of para-hydroxylation sites is 5. The summed E-state index contributed by atoms with van der Waals surface area (Å²) >= 11 is 0. The molecular formula is C50H31N3. The van der Waals surface area contributed by atoms with Crippen molar-refractivity contribution in [3.05, 3.63) is 187 Å². The van der Waals surface area contributed by atoms with Crippen molar-refractivity contribution in [2.24, 2.45) is 0 Å². The first kappa shape index (κ1) is 28.6. The Labute approximate surface area is 305 Å². The van der Waals surface area contributed by atoms with Gasteiger partial charge in [0.1, 0.15) is 0 Å². The van der Waals surface area contributed by atoms with Gasteiger partial charge in [0.25, 0.3) is 0 Å². The molecule has 0 spiro atoms. The number of benzene rings is 8. The van der Waals surface area contributed by atoms with Gasteiger partial charge in [-0.15, -0.1) is 0 Å². The average Bonchev–Trinajstić information content (AvgIpc) is 3.81. The molecule has 12 rings (SSSR count). The van der Waals surface area contributed by atoms with Crippen molar-refractivity contribution in [3.8, 4) is 28.2 Å². The van der Waals surface area contributed by atoms with Crippen LogP contribution in [0.2, 0.25) is 0 Å². The first-order valence-corrected chi connectivity index (χ1v) is 18.3. The zero-order valence-corrected chi connectivity index (χ0v) is 28.7. The van der Waals surface area contributed by atoms with Crippen LogP contribution in [0.15, 0.2) is 176 Å². The Morgan fingerprint density at radius 3 is 1.51 bits per heavy atom. The highest BCUT2D eigenvalue weighted by molar-refractivity contribution is 6.16. The van der Waals surface area contributed by atoms with Crippen LogP contribution in [0.25, 0.3) is 106 Å². The molecule has 3 nitrogen and oxygen atoms in total. The summed E-state index contributed by atoms with van der Waals surface area (Å²) in [6.07, 6.45) is 4.62. The minimum Gasteiger partial charge on any atom is -0.309 e. The van der Waals surface area contributed by atoms with Crippen molar-refractivity contribution in [1.29, 1.82) is 0 Å². The van der Waals surface area contributed by atoms with Crippen LogP contribution in [0.3, 0.4) is 0 Å². The molecule has 0 saturated carbocycles. The van der Waals surface area contributed by atoms with E-state index < -0.39 is 0 Å². The summed E-state index contributed by atoms with van der Waals surface area (Å²) in [5.41, 5.74) is 15.7. The van der Waals surface area contributed by atoms with Crippen LogP contribution in [-0.2, 0) is 0 Å². The molecule has 0 saturated heterocycles. The van der Waals surface area contributed by atoms with Crippen LogP contribution in [0, 0.1) is 0 Å². The molecule has 246 valence electrons. The zero-order chi connectivity index (χ0) is 34.6. The molecular weight excluding hydrogens is 643 g/mol. The summed E-state index contributed by atoms with van der Waals surface area (Å²) in [4.78, 5) is 0. The molecule has 11 aromatic rings. The van der Waals surface area contributed by atoms with Gasteiger partial charge in [0.15, 0.2) is 0 Å². The molecule has 8 aromatic carbocycles. The van der Waals surface area contributed by atoms with E-state index in [0.29, 0.717) is 0 Å². The van der Waals surface area contributed by atoms with Crippen molar-refractivity contribution < 1.29 is 0 Å². The van der Waals surface area contributed by atoms with Gasteiger partial charge in [-0.2, -0.15) is 0 Å². The van der Waals surface area contributed by atoms with Gasteiger partial charge < -0.3 is 13.7 Å². The van der Waals surface area contributed by atoms with Crippen LogP contribution < -0.4 is 0 Å². The summed E-state index contributed by atoms with van der Waals surface area (Å²) in [5, 5.41) is 7.56. The predicted molar refractivity (Wildman–Crippen MR) is 224 cm³/mol. The van der Waals surface area contributed by atoms with E-state index >= 15 is 0 Å². The van der Waals surface area contributed by atoms with Crippen molar-refractivity contribution in [1.82, 2.24) is 13.7 Å². The van der Waals surface area contributed by atoms with Gasteiger partial charge in [-0.25, -0.2) is 0 Å². The Morgan fingerprint density at radius 2 is 0.811 bits per heavy atom. The smallest absolute Gasteiger partial charge is 0.0634 e. The van der Waals surface area contributed by atoms with Crippen molar-refractivity contribution in [2.45, 2.75) is 0 Å². The Morgan fingerprint density at radius 1 is 0.302 bits per heavy atom. The summed E-state index contributed by atoms with van der Waals surface area (Å²) in [6.45, 7) is 0. The fourth-order valence-corrected chi connectivity index (χ4v) is 9.10. The molecule has 0 fully saturated rings. The highest BCUT2D eigenvalue weighted by atomic mass is 15.0. The second-order valence-corrected chi connectivity index (χ2v) is 14.1. The van der Waals surface area contributed by atoms with E-state index in [1.165, 1.54) is 105 Å². The fraction of sp³-hybridized carbons (Fsp3) is 0. The third-order valence-corrected chi connectivity index (χ3v) is 11.4. The van der Waals surface area contributed by atoms with Crippen molar-refractivity contribution in [3.63, 3.8) is 0 Å². The quantitative estimate of drug-likeness (QED) is 0.177. The molecule has 53 heavy (non-hydrogen) atoms. The van der Waals surface area contributed by atoms with Gasteiger partial charge in [0.05, 0.1) is 44.5 Å². The number of aromatic nitrogens is 3. The molecule has 3 aromatic heterocycles. The van der Waals surface area contributed by atoms with Gasteiger partial charge >= 0.3 is 0 Å². The maximum absolute atomic E-state index is 2.49. The summed E-state index contributed by atoms with van der Waals surface area (Å²) < 4.78 is 7.36. The summed E-state index contributed by atoms with van der Waals surface area (Å²) in [6, 6.07) is 64.5. The molecule has 0 amide bonds. The van der Waals surface area contributed by atoms with Gasteiger partial charge in [-0.3, -0.25) is 0 Å². The number of hydrogen-bond donors (Lipinski definition) is 0.